The zero-order valence-corrected chi connectivity index (χ0v) is 16.7. The van der Waals surface area contributed by atoms with E-state index in [9.17, 15) is 13.2 Å². The van der Waals surface area contributed by atoms with Crippen molar-refractivity contribution in [2.75, 3.05) is 12.4 Å². The Morgan fingerprint density at radius 1 is 0.708 bits per heavy atom. The van der Waals surface area contributed by atoms with Crippen molar-refractivity contribution in [3.63, 3.8) is 0 Å². The first-order valence-corrected chi connectivity index (χ1v) is 11.5. The normalized spacial score (nSPS) is 11.8. The molecular formula is C19H38O4S. The number of hydrogen-bond acceptors (Lipinski definition) is 4. The van der Waals surface area contributed by atoms with Crippen LogP contribution in [0.2, 0.25) is 0 Å². The lowest BCUT2D eigenvalue weighted by atomic mass is 10.0. The van der Waals surface area contributed by atoms with E-state index in [1.807, 2.05) is 0 Å². The van der Waals surface area contributed by atoms with E-state index in [2.05, 4.69) is 11.1 Å². The molecule has 0 N–H and O–H groups in total. The van der Waals surface area contributed by atoms with Gasteiger partial charge in [0.2, 0.25) is 0 Å². The number of carbonyl (C=O) groups is 1. The molecule has 0 bridgehead atoms. The molecule has 0 rings (SSSR count). The highest BCUT2D eigenvalue weighted by Crippen LogP contribution is 2.13. The smallest absolute Gasteiger partial charge is 0.274 e. The summed E-state index contributed by atoms with van der Waals surface area (Å²) in [7, 11) is -3.65. The third-order valence-corrected chi connectivity index (χ3v) is 5.46. The number of hydrogen-bond donors (Lipinski definition) is 0. The Labute approximate surface area is 149 Å². The van der Waals surface area contributed by atoms with E-state index >= 15 is 0 Å². The fraction of sp³-hybridized carbons (Fsp3) is 0.947. The van der Waals surface area contributed by atoms with E-state index in [-0.39, 0.29) is 12.4 Å². The maximum atomic E-state index is 11.6. The van der Waals surface area contributed by atoms with Crippen LogP contribution < -0.4 is 0 Å². The standard InChI is InChI=1S/C19H38O4S/c1-3-5-6-7-8-9-10-11-12-13-14-15-16-17-19(20)18-24(21,22)23-4-2/h3-18H2,1-2H3. The van der Waals surface area contributed by atoms with Crippen LogP contribution in [0.1, 0.15) is 104 Å². The quantitative estimate of drug-likeness (QED) is 0.242. The second-order valence-corrected chi connectivity index (χ2v) is 8.28. The third kappa shape index (κ3) is 16.4. The van der Waals surface area contributed by atoms with E-state index in [1.165, 1.54) is 64.2 Å². The Morgan fingerprint density at radius 2 is 1.12 bits per heavy atom. The van der Waals surface area contributed by atoms with Gasteiger partial charge in [-0.05, 0) is 13.3 Å². The summed E-state index contributed by atoms with van der Waals surface area (Å²) >= 11 is 0. The topological polar surface area (TPSA) is 60.4 Å². The van der Waals surface area contributed by atoms with Crippen LogP contribution in [0.15, 0.2) is 0 Å². The summed E-state index contributed by atoms with van der Waals surface area (Å²) in [5.41, 5.74) is 0. The van der Waals surface area contributed by atoms with Gasteiger partial charge in [0.25, 0.3) is 10.1 Å². The van der Waals surface area contributed by atoms with E-state index in [0.29, 0.717) is 6.42 Å². The number of Topliss-reactive ketones (excluding diaryl/α,β-unsaturated/α-hetero) is 1. The van der Waals surface area contributed by atoms with Crippen LogP contribution in [0, 0.1) is 0 Å². The third-order valence-electron chi connectivity index (χ3n) is 4.19. The lowest BCUT2D eigenvalue weighted by Crippen LogP contribution is -2.18. The predicted molar refractivity (Wildman–Crippen MR) is 101 cm³/mol. The van der Waals surface area contributed by atoms with Gasteiger partial charge in [0.15, 0.2) is 0 Å². The zero-order chi connectivity index (χ0) is 18.1. The van der Waals surface area contributed by atoms with Crippen molar-refractivity contribution >= 4 is 15.9 Å². The van der Waals surface area contributed by atoms with E-state index in [4.69, 9.17) is 0 Å². The number of carbonyl (C=O) groups excluding carboxylic acids is 1. The summed E-state index contributed by atoms with van der Waals surface area (Å²) in [6.45, 7) is 3.95. The highest BCUT2D eigenvalue weighted by Gasteiger charge is 2.15. The molecule has 0 fully saturated rings. The van der Waals surface area contributed by atoms with Crippen LogP contribution in [0.4, 0.5) is 0 Å². The van der Waals surface area contributed by atoms with E-state index < -0.39 is 15.9 Å². The molecule has 0 unspecified atom stereocenters. The first kappa shape index (κ1) is 23.6. The average Bonchev–Trinajstić information content (AvgIpc) is 2.51. The van der Waals surface area contributed by atoms with Crippen LogP contribution in [0.25, 0.3) is 0 Å². The Balaban J connectivity index is 3.32. The minimum atomic E-state index is -3.65. The first-order chi connectivity index (χ1) is 11.5. The summed E-state index contributed by atoms with van der Waals surface area (Å²) in [5.74, 6) is -0.703. The summed E-state index contributed by atoms with van der Waals surface area (Å²) < 4.78 is 27.2. The Bertz CT molecular complexity index is 390. The lowest BCUT2D eigenvalue weighted by Gasteiger charge is -2.04. The maximum Gasteiger partial charge on any atom is 0.274 e. The van der Waals surface area contributed by atoms with Gasteiger partial charge in [-0.2, -0.15) is 8.42 Å². The molecule has 0 aromatic carbocycles. The summed E-state index contributed by atoms with van der Waals surface area (Å²) in [5, 5.41) is 0. The average molecular weight is 363 g/mol. The molecule has 0 aliphatic carbocycles. The maximum absolute atomic E-state index is 11.6. The van der Waals surface area contributed by atoms with Crippen LogP contribution in [0.3, 0.4) is 0 Å². The van der Waals surface area contributed by atoms with Crippen molar-refractivity contribution < 1.29 is 17.4 Å². The van der Waals surface area contributed by atoms with Crippen LogP contribution in [0.5, 0.6) is 0 Å². The predicted octanol–water partition coefficient (Wildman–Crippen LogP) is 5.40. The Hall–Kier alpha value is -0.420. The fourth-order valence-corrected chi connectivity index (χ4v) is 3.81. The molecule has 0 aliphatic rings. The minimum absolute atomic E-state index is 0.0916. The molecule has 0 heterocycles. The molecule has 0 spiro atoms. The van der Waals surface area contributed by atoms with Crippen molar-refractivity contribution in [2.24, 2.45) is 0 Å². The lowest BCUT2D eigenvalue weighted by molar-refractivity contribution is -0.116. The molecule has 5 heteroatoms. The van der Waals surface area contributed by atoms with Gasteiger partial charge in [0.1, 0.15) is 11.5 Å². The zero-order valence-electron chi connectivity index (χ0n) is 15.9. The first-order valence-electron chi connectivity index (χ1n) is 9.90. The van der Waals surface area contributed by atoms with Crippen LogP contribution in [-0.2, 0) is 19.1 Å². The van der Waals surface area contributed by atoms with Crippen molar-refractivity contribution in [3.05, 3.63) is 0 Å². The number of unbranched alkanes of at least 4 members (excludes halogenated alkanes) is 12. The van der Waals surface area contributed by atoms with Gasteiger partial charge >= 0.3 is 0 Å². The van der Waals surface area contributed by atoms with E-state index in [1.54, 1.807) is 6.92 Å². The summed E-state index contributed by atoms with van der Waals surface area (Å²) in [6.07, 6.45) is 16.7. The van der Waals surface area contributed by atoms with Crippen molar-refractivity contribution in [3.8, 4) is 0 Å². The van der Waals surface area contributed by atoms with Gasteiger partial charge in [-0.1, -0.05) is 84.0 Å². The highest BCUT2D eigenvalue weighted by atomic mass is 32.2. The highest BCUT2D eigenvalue weighted by molar-refractivity contribution is 7.87. The van der Waals surface area contributed by atoms with Gasteiger partial charge in [-0.3, -0.25) is 8.98 Å². The van der Waals surface area contributed by atoms with E-state index in [0.717, 1.165) is 19.3 Å². The van der Waals surface area contributed by atoms with Crippen LogP contribution in [-0.4, -0.2) is 26.6 Å². The molecule has 0 atom stereocenters. The van der Waals surface area contributed by atoms with Crippen molar-refractivity contribution in [1.29, 1.82) is 0 Å². The second-order valence-electron chi connectivity index (χ2n) is 6.64. The molecule has 24 heavy (non-hydrogen) atoms. The molecule has 0 radical (unpaired) electrons. The molecule has 144 valence electrons. The molecule has 0 saturated carbocycles. The van der Waals surface area contributed by atoms with Crippen molar-refractivity contribution in [1.82, 2.24) is 0 Å². The van der Waals surface area contributed by atoms with Gasteiger partial charge in [-0.25, -0.2) is 0 Å². The number of rotatable bonds is 18. The minimum Gasteiger partial charge on any atom is -0.298 e. The molecule has 0 aromatic rings. The van der Waals surface area contributed by atoms with Gasteiger partial charge in [0, 0.05) is 6.42 Å². The van der Waals surface area contributed by atoms with Crippen LogP contribution >= 0.6 is 0 Å². The monoisotopic (exact) mass is 362 g/mol. The van der Waals surface area contributed by atoms with Gasteiger partial charge < -0.3 is 0 Å². The largest absolute Gasteiger partial charge is 0.298 e. The molecule has 0 amide bonds. The van der Waals surface area contributed by atoms with Gasteiger partial charge in [0.05, 0.1) is 6.61 Å². The molecule has 0 aliphatic heterocycles. The van der Waals surface area contributed by atoms with Gasteiger partial charge in [-0.15, -0.1) is 0 Å². The fourth-order valence-electron chi connectivity index (χ4n) is 2.83. The molecule has 0 saturated heterocycles. The number of ketones is 1. The second kappa shape index (κ2) is 16.1. The summed E-state index contributed by atoms with van der Waals surface area (Å²) in [4.78, 5) is 11.6. The molecular weight excluding hydrogens is 324 g/mol. The Kier molecular flexibility index (Phi) is 15.8. The Morgan fingerprint density at radius 3 is 1.54 bits per heavy atom. The SMILES string of the molecule is CCCCCCCCCCCCCCCC(=O)CS(=O)(=O)OCC. The van der Waals surface area contributed by atoms with Crippen molar-refractivity contribution in [2.45, 2.75) is 104 Å². The molecule has 4 nitrogen and oxygen atoms in total. The molecule has 0 aromatic heterocycles. The summed E-state index contributed by atoms with van der Waals surface area (Å²) in [6, 6.07) is 0.